The molecule has 0 saturated carbocycles. The lowest BCUT2D eigenvalue weighted by Gasteiger charge is -2.26. The number of fused-ring (bicyclic) bond motifs is 2. The molecule has 0 radical (unpaired) electrons. The van der Waals surface area contributed by atoms with Gasteiger partial charge in [0.15, 0.2) is 5.69 Å². The average molecular weight is 621 g/mol. The van der Waals surface area contributed by atoms with Crippen LogP contribution in [-0.4, -0.2) is 40.5 Å². The maximum atomic E-state index is 13.2. The van der Waals surface area contributed by atoms with E-state index in [1.54, 1.807) is 38.9 Å². The Balaban J connectivity index is 1.66. The molecule has 0 unspecified atom stereocenters. The lowest BCUT2D eigenvalue weighted by atomic mass is 9.85. The van der Waals surface area contributed by atoms with Crippen molar-refractivity contribution < 1.29 is 31.9 Å². The first kappa shape index (κ1) is 31.9. The molecule has 2 aromatic carbocycles. The van der Waals surface area contributed by atoms with E-state index in [0.29, 0.717) is 47.7 Å². The maximum absolute atomic E-state index is 13.2. The molecular weight excluding hydrogens is 583 g/mol. The number of nitrogens with zero attached hydrogens (tertiary/aromatic N) is 5. The number of pyridine rings is 1. The Labute approximate surface area is 260 Å². The van der Waals surface area contributed by atoms with Gasteiger partial charge in [0.25, 0.3) is 6.33 Å². The van der Waals surface area contributed by atoms with Gasteiger partial charge in [0.2, 0.25) is 0 Å². The van der Waals surface area contributed by atoms with E-state index in [-0.39, 0.29) is 11.2 Å². The first-order valence-corrected chi connectivity index (χ1v) is 14.6. The second-order valence-electron chi connectivity index (χ2n) is 12.7. The van der Waals surface area contributed by atoms with Crippen molar-refractivity contribution in [2.45, 2.75) is 71.2 Å². The van der Waals surface area contributed by atoms with Gasteiger partial charge in [-0.05, 0) is 36.2 Å². The zero-order valence-corrected chi connectivity index (χ0v) is 26.5. The molecule has 3 aromatic heterocycles. The van der Waals surface area contributed by atoms with Gasteiger partial charge >= 0.3 is 6.36 Å². The molecule has 11 heteroatoms. The van der Waals surface area contributed by atoms with Crippen LogP contribution in [0, 0.1) is 0 Å². The largest absolute Gasteiger partial charge is 0.573 e. The Morgan fingerprint density at radius 2 is 1.60 bits per heavy atom. The molecule has 45 heavy (non-hydrogen) atoms. The summed E-state index contributed by atoms with van der Waals surface area (Å²) in [6.45, 7) is 10.5. The normalized spacial score (nSPS) is 12.5. The summed E-state index contributed by atoms with van der Waals surface area (Å²) in [5.74, 6) is 1.48. The summed E-state index contributed by atoms with van der Waals surface area (Å²) in [6, 6.07) is 12.0. The molecule has 0 N–H and O–H groups in total. The van der Waals surface area contributed by atoms with Crippen molar-refractivity contribution >= 4 is 21.8 Å². The zero-order chi connectivity index (χ0) is 32.6. The number of alkyl halides is 3. The molecule has 0 aliphatic rings. The van der Waals surface area contributed by atoms with Crippen LogP contribution in [0.1, 0.15) is 57.4 Å². The van der Waals surface area contributed by atoms with Crippen LogP contribution in [0.25, 0.3) is 21.8 Å². The van der Waals surface area contributed by atoms with Crippen molar-refractivity contribution in [1.29, 1.82) is 0 Å². The highest BCUT2D eigenvalue weighted by atomic mass is 19.4. The molecule has 0 amide bonds. The van der Waals surface area contributed by atoms with Crippen LogP contribution < -0.4 is 18.8 Å². The highest BCUT2D eigenvalue weighted by molar-refractivity contribution is 5.89. The van der Waals surface area contributed by atoms with E-state index in [0.717, 1.165) is 27.7 Å². The summed E-state index contributed by atoms with van der Waals surface area (Å²) in [5, 5.41) is 1.50. The second kappa shape index (κ2) is 12.1. The molecule has 0 spiro atoms. The molecule has 3 heterocycles. The van der Waals surface area contributed by atoms with Crippen LogP contribution in [-0.2, 0) is 30.2 Å². The summed E-state index contributed by atoms with van der Waals surface area (Å²) < 4.78 is 57.1. The molecule has 236 valence electrons. The standard InChI is InChI=1S/C34H37F3N5O3/c1-32(2,3)30-24-12-11-22(45-34(35,36)37)16-26(24)42(20-39-30)19-33(4,5)31-25-15-23(43-6)17-27(44-7)29(25)40-28(41-31)13-10-21-9-8-14-38-18-21/h8-9,11-12,14-18,20H,10,13,19H2,1-7H3/q+1. The third-order valence-electron chi connectivity index (χ3n) is 7.61. The Hall–Kier alpha value is -4.54. The van der Waals surface area contributed by atoms with E-state index in [9.17, 15) is 13.2 Å². The summed E-state index contributed by atoms with van der Waals surface area (Å²) in [5.41, 5.74) is 2.78. The van der Waals surface area contributed by atoms with Gasteiger partial charge in [0.05, 0.1) is 25.3 Å². The maximum Gasteiger partial charge on any atom is 0.573 e. The number of methoxy groups -OCH3 is 2. The molecule has 0 bridgehead atoms. The van der Waals surface area contributed by atoms with Crippen LogP contribution in [0.15, 0.2) is 61.2 Å². The van der Waals surface area contributed by atoms with E-state index in [2.05, 4.69) is 9.72 Å². The summed E-state index contributed by atoms with van der Waals surface area (Å²) >= 11 is 0. The summed E-state index contributed by atoms with van der Waals surface area (Å²) in [4.78, 5) is 19.0. The van der Waals surface area contributed by atoms with Crippen molar-refractivity contribution in [2.75, 3.05) is 14.2 Å². The second-order valence-corrected chi connectivity index (χ2v) is 12.7. The average Bonchev–Trinajstić information content (AvgIpc) is 2.98. The van der Waals surface area contributed by atoms with Crippen molar-refractivity contribution in [3.8, 4) is 17.2 Å². The number of aromatic nitrogens is 5. The molecule has 0 aliphatic carbocycles. The van der Waals surface area contributed by atoms with Crippen LogP contribution in [0.5, 0.6) is 17.2 Å². The first-order valence-electron chi connectivity index (χ1n) is 14.6. The van der Waals surface area contributed by atoms with Crippen molar-refractivity contribution in [1.82, 2.24) is 19.9 Å². The number of hydrogen-bond donors (Lipinski definition) is 0. The number of rotatable bonds is 9. The van der Waals surface area contributed by atoms with E-state index in [1.165, 1.54) is 12.1 Å². The van der Waals surface area contributed by atoms with E-state index >= 15 is 0 Å². The molecule has 8 nitrogen and oxygen atoms in total. The summed E-state index contributed by atoms with van der Waals surface area (Å²) in [6.07, 6.45) is 1.67. The molecular formula is C34H37F3N5O3+. The molecule has 5 rings (SSSR count). The predicted molar refractivity (Wildman–Crippen MR) is 165 cm³/mol. The Bertz CT molecular complexity index is 1840. The van der Waals surface area contributed by atoms with Gasteiger partial charge in [0.1, 0.15) is 40.7 Å². The van der Waals surface area contributed by atoms with E-state index in [1.807, 2.05) is 63.6 Å². The fraction of sp³-hybridized carbons (Fsp3) is 0.382. The van der Waals surface area contributed by atoms with Gasteiger partial charge in [0, 0.05) is 47.2 Å². The highest BCUT2D eigenvalue weighted by Crippen LogP contribution is 2.37. The first-order chi connectivity index (χ1) is 21.2. The zero-order valence-electron chi connectivity index (χ0n) is 26.5. The number of aryl methyl sites for hydroxylation is 2. The van der Waals surface area contributed by atoms with Crippen molar-refractivity contribution in [2.24, 2.45) is 0 Å². The number of halogens is 3. The lowest BCUT2D eigenvalue weighted by Crippen LogP contribution is -2.45. The minimum absolute atomic E-state index is 0.299. The van der Waals surface area contributed by atoms with Gasteiger partial charge in [-0.3, -0.25) is 4.98 Å². The topological polar surface area (TPSA) is 83.1 Å². The van der Waals surface area contributed by atoms with Gasteiger partial charge < -0.3 is 14.2 Å². The van der Waals surface area contributed by atoms with Gasteiger partial charge in [-0.2, -0.15) is 0 Å². The fourth-order valence-electron chi connectivity index (χ4n) is 5.56. The lowest BCUT2D eigenvalue weighted by molar-refractivity contribution is -0.682. The molecule has 0 aliphatic heterocycles. The van der Waals surface area contributed by atoms with Crippen LogP contribution in [0.2, 0.25) is 0 Å². The Morgan fingerprint density at radius 3 is 2.24 bits per heavy atom. The molecule has 0 saturated heterocycles. The third-order valence-corrected chi connectivity index (χ3v) is 7.61. The molecule has 0 fully saturated rings. The SMILES string of the molecule is COc1cc(OC)c2nc(CCc3cccnc3)nc(C(C)(C)C[n+]3cnc(C(C)(C)C)c4ccc(OC(F)(F)F)cc43)c2c1. The third kappa shape index (κ3) is 7.08. The summed E-state index contributed by atoms with van der Waals surface area (Å²) in [7, 11) is 3.17. The minimum atomic E-state index is -4.82. The van der Waals surface area contributed by atoms with Gasteiger partial charge in [-0.15, -0.1) is 13.2 Å². The monoisotopic (exact) mass is 620 g/mol. The quantitative estimate of drug-likeness (QED) is 0.167. The predicted octanol–water partition coefficient (Wildman–Crippen LogP) is 6.84. The van der Waals surface area contributed by atoms with Crippen LogP contribution in [0.3, 0.4) is 0 Å². The number of ether oxygens (including phenoxy) is 3. The number of benzene rings is 2. The van der Waals surface area contributed by atoms with Gasteiger partial charge in [-0.1, -0.05) is 45.7 Å². The van der Waals surface area contributed by atoms with Crippen molar-refractivity contribution in [3.05, 3.63) is 84.0 Å². The van der Waals surface area contributed by atoms with Crippen molar-refractivity contribution in [3.63, 3.8) is 0 Å². The highest BCUT2D eigenvalue weighted by Gasteiger charge is 2.34. The Morgan fingerprint density at radius 1 is 0.822 bits per heavy atom. The number of hydrogen-bond acceptors (Lipinski definition) is 7. The Kier molecular flexibility index (Phi) is 8.57. The molecule has 5 aromatic rings. The smallest absolute Gasteiger partial charge is 0.497 e. The van der Waals surface area contributed by atoms with Gasteiger partial charge in [-0.25, -0.2) is 14.5 Å². The fourth-order valence-corrected chi connectivity index (χ4v) is 5.56. The van der Waals surface area contributed by atoms with E-state index < -0.39 is 11.8 Å². The van der Waals surface area contributed by atoms with E-state index in [4.69, 9.17) is 24.4 Å². The minimum Gasteiger partial charge on any atom is -0.497 e. The van der Waals surface area contributed by atoms with Crippen LogP contribution in [0.4, 0.5) is 13.2 Å². The van der Waals surface area contributed by atoms with Crippen LogP contribution >= 0.6 is 0 Å². The molecule has 0 atom stereocenters.